The van der Waals surface area contributed by atoms with Gasteiger partial charge in [-0.2, -0.15) is 0 Å². The zero-order chi connectivity index (χ0) is 36.6. The highest BCUT2D eigenvalue weighted by Gasteiger charge is 2.48. The quantitative estimate of drug-likeness (QED) is 0.0794. The summed E-state index contributed by atoms with van der Waals surface area (Å²) in [6.45, 7) is 24.5. The number of unbranched alkanes of at least 4 members (excludes halogenated alkanes) is 1. The number of esters is 1. The molecule has 276 valence electrons. The number of benzene rings is 2. The van der Waals surface area contributed by atoms with Crippen LogP contribution in [0.3, 0.4) is 0 Å². The Morgan fingerprint density at radius 2 is 1.24 bits per heavy atom. The van der Waals surface area contributed by atoms with Crippen molar-refractivity contribution in [3.63, 3.8) is 0 Å². The van der Waals surface area contributed by atoms with Crippen LogP contribution in [0.5, 0.6) is 0 Å². The average molecular weight is 698 g/mol. The number of amides is 1. The van der Waals surface area contributed by atoms with Crippen LogP contribution < -0.4 is 5.32 Å². The zero-order valence-electron chi connectivity index (χ0n) is 32.4. The lowest BCUT2D eigenvalue weighted by atomic mass is 9.88. The Bertz CT molecular complexity index is 1190. The van der Waals surface area contributed by atoms with Crippen molar-refractivity contribution in [2.75, 3.05) is 0 Å². The molecule has 0 radical (unpaired) electrons. The third kappa shape index (κ3) is 14.2. The lowest BCUT2D eigenvalue weighted by Crippen LogP contribution is -2.54. The molecule has 0 saturated heterocycles. The van der Waals surface area contributed by atoms with Crippen LogP contribution in [0.1, 0.15) is 126 Å². The first kappa shape index (κ1) is 42.5. The Balaban J connectivity index is 2.24. The van der Waals surface area contributed by atoms with Gasteiger partial charge in [-0.1, -0.05) is 128 Å². The Labute approximate surface area is 299 Å². The second kappa shape index (κ2) is 20.9. The summed E-state index contributed by atoms with van der Waals surface area (Å²) >= 11 is 0. The number of carbonyl (C=O) groups is 2. The lowest BCUT2D eigenvalue weighted by molar-refractivity contribution is -0.147. The summed E-state index contributed by atoms with van der Waals surface area (Å²) < 4.78 is 25.3. The van der Waals surface area contributed by atoms with E-state index in [2.05, 4.69) is 72.8 Å². The number of ether oxygens (including phenoxy) is 3. The number of nitrogens with one attached hydrogen (secondary N) is 1. The summed E-state index contributed by atoms with van der Waals surface area (Å²) in [5.74, 6) is -0.160. The molecule has 1 N–H and O–H groups in total. The molecule has 0 heterocycles. The van der Waals surface area contributed by atoms with Gasteiger partial charge in [-0.05, 0) is 80.6 Å². The molecule has 0 fully saturated rings. The summed E-state index contributed by atoms with van der Waals surface area (Å²) in [5.41, 5.74) is 2.75. The van der Waals surface area contributed by atoms with Crippen molar-refractivity contribution >= 4 is 20.4 Å². The highest BCUT2D eigenvalue weighted by molar-refractivity contribution is 6.77. The number of carbonyl (C=O) groups excluding carboxylic acids is 2. The van der Waals surface area contributed by atoms with Crippen LogP contribution in [-0.2, 0) is 36.6 Å². The van der Waals surface area contributed by atoms with Gasteiger partial charge in [0.25, 0.3) is 0 Å². The van der Waals surface area contributed by atoms with Crippen LogP contribution >= 0.6 is 0 Å². The van der Waals surface area contributed by atoms with E-state index in [0.29, 0.717) is 35.6 Å². The molecule has 0 unspecified atom stereocenters. The molecule has 0 aliphatic heterocycles. The van der Waals surface area contributed by atoms with Crippen molar-refractivity contribution in [1.29, 1.82) is 0 Å². The van der Waals surface area contributed by atoms with Gasteiger partial charge in [0.05, 0.1) is 18.8 Å². The Morgan fingerprint density at radius 1 is 0.735 bits per heavy atom. The first-order valence-electron chi connectivity index (χ1n) is 18.6. The number of alkyl carbamates (subject to hydrolysis) is 1. The molecule has 2 aromatic carbocycles. The fraction of sp³-hybridized carbons (Fsp3) is 0.659. The van der Waals surface area contributed by atoms with Crippen LogP contribution in [0.15, 0.2) is 60.7 Å². The van der Waals surface area contributed by atoms with E-state index >= 15 is 0 Å². The normalized spacial score (nSPS) is 14.8. The molecule has 49 heavy (non-hydrogen) atoms. The molecule has 2 aromatic rings. The van der Waals surface area contributed by atoms with Crippen LogP contribution in [-0.4, -0.2) is 44.2 Å². The first-order chi connectivity index (χ1) is 23.1. The van der Waals surface area contributed by atoms with E-state index in [1.165, 1.54) is 0 Å². The number of rotatable bonds is 21. The summed E-state index contributed by atoms with van der Waals surface area (Å²) in [4.78, 5) is 26.0. The van der Waals surface area contributed by atoms with E-state index in [0.717, 1.165) is 43.2 Å². The molecular weight excluding hydrogens is 631 g/mol. The van der Waals surface area contributed by atoms with Crippen molar-refractivity contribution in [2.45, 2.75) is 168 Å². The van der Waals surface area contributed by atoms with Gasteiger partial charge in [-0.3, -0.25) is 0 Å². The van der Waals surface area contributed by atoms with Gasteiger partial charge in [0.2, 0.25) is 8.32 Å². The monoisotopic (exact) mass is 697 g/mol. The van der Waals surface area contributed by atoms with Crippen LogP contribution in [0.2, 0.25) is 16.6 Å². The summed E-state index contributed by atoms with van der Waals surface area (Å²) in [7, 11) is -2.21. The van der Waals surface area contributed by atoms with Crippen molar-refractivity contribution in [3.8, 4) is 0 Å². The molecule has 2 rings (SSSR count). The second-order valence-electron chi connectivity index (χ2n) is 15.5. The van der Waals surface area contributed by atoms with Crippen LogP contribution in [0.4, 0.5) is 4.79 Å². The molecule has 7 nitrogen and oxygen atoms in total. The lowest BCUT2D eigenvalue weighted by Gasteiger charge is -2.47. The third-order valence-corrected chi connectivity index (χ3v) is 15.6. The van der Waals surface area contributed by atoms with Crippen molar-refractivity contribution in [2.24, 2.45) is 5.92 Å². The van der Waals surface area contributed by atoms with Gasteiger partial charge in [0.15, 0.2) is 0 Å². The van der Waals surface area contributed by atoms with E-state index in [9.17, 15) is 9.59 Å². The van der Waals surface area contributed by atoms with Crippen LogP contribution in [0, 0.1) is 5.92 Å². The van der Waals surface area contributed by atoms with E-state index in [1.54, 1.807) is 0 Å². The second-order valence-corrected chi connectivity index (χ2v) is 20.9. The topological polar surface area (TPSA) is 83.1 Å². The largest absolute Gasteiger partial charge is 0.459 e. The first-order valence-corrected chi connectivity index (χ1v) is 20.8. The third-order valence-electron chi connectivity index (χ3n) is 9.51. The molecule has 0 aliphatic carbocycles. The minimum Gasteiger partial charge on any atom is -0.459 e. The van der Waals surface area contributed by atoms with Gasteiger partial charge in [0.1, 0.15) is 18.2 Å². The predicted molar refractivity (Wildman–Crippen MR) is 203 cm³/mol. The maximum atomic E-state index is 13.3. The molecule has 0 aliphatic rings. The minimum absolute atomic E-state index is 0.0472. The molecule has 0 spiro atoms. The minimum atomic E-state index is -2.21. The fourth-order valence-electron chi connectivity index (χ4n) is 7.24. The molecule has 0 aromatic heterocycles. The molecule has 4 atom stereocenters. The molecule has 0 saturated carbocycles. The Kier molecular flexibility index (Phi) is 18.1. The summed E-state index contributed by atoms with van der Waals surface area (Å²) in [6, 6.07) is 19.1. The summed E-state index contributed by atoms with van der Waals surface area (Å²) in [6.07, 6.45) is 4.35. The van der Waals surface area contributed by atoms with Crippen molar-refractivity contribution in [1.82, 2.24) is 5.32 Å². The maximum Gasteiger partial charge on any atom is 0.408 e. The van der Waals surface area contributed by atoms with Crippen molar-refractivity contribution < 1.29 is 28.2 Å². The van der Waals surface area contributed by atoms with E-state index in [4.69, 9.17) is 18.6 Å². The number of hydrogen-bond donors (Lipinski definition) is 1. The highest BCUT2D eigenvalue weighted by atomic mass is 28.4. The summed E-state index contributed by atoms with van der Waals surface area (Å²) in [5, 5.41) is 2.79. The standard InChI is InChI=1S/C41H67NO6Si/c1-12-21-36(38(33(8)45-28-34-22-15-13-16-23-34)48-49(30(2)3,31(4)5)32(6)7)26-19-20-27-37(42-40(44)47-41(9,10)11)39(43)46-29-35-24-17-14-18-25-35/h13-18,22-25,30-33,36-38H,12,19-21,26-29H2,1-11H3,(H,42,44)/t33-,36-,37-,38-/m0/s1. The van der Waals surface area contributed by atoms with E-state index in [1.807, 2.05) is 69.3 Å². The number of hydrogen-bond acceptors (Lipinski definition) is 6. The molecule has 1 amide bonds. The molecule has 8 heteroatoms. The van der Waals surface area contributed by atoms with Gasteiger partial charge >= 0.3 is 12.1 Å². The molecular formula is C41H67NO6Si. The van der Waals surface area contributed by atoms with Crippen molar-refractivity contribution in [3.05, 3.63) is 71.8 Å². The highest BCUT2D eigenvalue weighted by Crippen LogP contribution is 2.45. The van der Waals surface area contributed by atoms with Gasteiger partial charge in [-0.25, -0.2) is 9.59 Å². The van der Waals surface area contributed by atoms with Crippen LogP contribution in [0.25, 0.3) is 0 Å². The maximum absolute atomic E-state index is 13.3. The Hall–Kier alpha value is -2.68. The fourth-order valence-corrected chi connectivity index (χ4v) is 12.9. The average Bonchev–Trinajstić information content (AvgIpc) is 3.03. The Morgan fingerprint density at radius 3 is 1.73 bits per heavy atom. The zero-order valence-corrected chi connectivity index (χ0v) is 33.4. The molecule has 0 bridgehead atoms. The van der Waals surface area contributed by atoms with Gasteiger partial charge in [-0.15, -0.1) is 0 Å². The van der Waals surface area contributed by atoms with E-state index in [-0.39, 0.29) is 18.8 Å². The van der Waals surface area contributed by atoms with E-state index < -0.39 is 32.0 Å². The smallest absolute Gasteiger partial charge is 0.408 e. The van der Waals surface area contributed by atoms with Gasteiger partial charge in [0, 0.05) is 0 Å². The SMILES string of the molecule is CCC[C@@H](CCCC[C@H](NC(=O)OC(C)(C)C)C(=O)OCc1ccccc1)[C@@H](O[Si](C(C)C)(C(C)C)C(C)C)[C@H](C)OCc1ccccc1. The predicted octanol–water partition coefficient (Wildman–Crippen LogP) is 10.8. The van der Waals surface area contributed by atoms with Gasteiger partial charge < -0.3 is 24.0 Å².